The van der Waals surface area contributed by atoms with Gasteiger partial charge in [-0.2, -0.15) is 0 Å². The van der Waals surface area contributed by atoms with Gasteiger partial charge in [0.05, 0.1) is 24.7 Å². The molecule has 0 amide bonds. The molecule has 0 spiro atoms. The highest BCUT2D eigenvalue weighted by Gasteiger charge is 2.46. The SMILES string of the molecule is COc1cccc(OC)c1-c1ccc(C[C@H](NCC2(S(=O)(=O)c3cccc(Br)c3)CCCNC2)C(=O)O)cc1. The number of nitrogens with one attached hydrogen (secondary N) is 2. The number of benzene rings is 3. The van der Waals surface area contributed by atoms with Gasteiger partial charge in [0.1, 0.15) is 22.3 Å². The van der Waals surface area contributed by atoms with Gasteiger partial charge in [-0.25, -0.2) is 8.42 Å². The summed E-state index contributed by atoms with van der Waals surface area (Å²) in [4.78, 5) is 12.5. The minimum Gasteiger partial charge on any atom is -0.496 e. The fourth-order valence-corrected chi connectivity index (χ4v) is 7.60. The number of carbonyl (C=O) groups is 1. The lowest BCUT2D eigenvalue weighted by molar-refractivity contribution is -0.139. The van der Waals surface area contributed by atoms with E-state index in [4.69, 9.17) is 9.47 Å². The zero-order valence-electron chi connectivity index (χ0n) is 21.9. The summed E-state index contributed by atoms with van der Waals surface area (Å²) in [6.45, 7) is 0.986. The van der Waals surface area contributed by atoms with Crippen LogP contribution in [0.4, 0.5) is 0 Å². The number of carboxylic acids is 1. The second kappa shape index (κ2) is 12.5. The van der Waals surface area contributed by atoms with Crippen molar-refractivity contribution in [3.05, 3.63) is 76.8 Å². The molecule has 8 nitrogen and oxygen atoms in total. The summed E-state index contributed by atoms with van der Waals surface area (Å²) in [5.74, 6) is 0.305. The van der Waals surface area contributed by atoms with Crippen molar-refractivity contribution >= 4 is 31.7 Å². The lowest BCUT2D eigenvalue weighted by atomic mass is 9.96. The Morgan fingerprint density at radius 1 is 1.08 bits per heavy atom. The van der Waals surface area contributed by atoms with Gasteiger partial charge < -0.3 is 25.2 Å². The molecule has 10 heteroatoms. The van der Waals surface area contributed by atoms with Crippen molar-refractivity contribution in [2.75, 3.05) is 33.9 Å². The molecule has 0 bridgehead atoms. The standard InChI is InChI=1S/C29H33BrN2O6S/c1-37-25-8-4-9-26(38-2)27(25)21-12-10-20(11-13-21)16-24(28(33)34)32-19-29(14-5-15-31-18-29)39(35,36)23-7-3-6-22(30)17-23/h3-4,6-13,17,24,31-32H,5,14-16,18-19H2,1-2H3,(H,33,34)/t24-,29?/m0/s1. The van der Waals surface area contributed by atoms with Crippen LogP contribution in [0.2, 0.25) is 0 Å². The minimum atomic E-state index is -3.76. The first-order valence-corrected chi connectivity index (χ1v) is 15.0. The normalized spacial score (nSPS) is 18.3. The van der Waals surface area contributed by atoms with Crippen molar-refractivity contribution in [1.82, 2.24) is 10.6 Å². The van der Waals surface area contributed by atoms with Crippen LogP contribution in [0.5, 0.6) is 11.5 Å². The van der Waals surface area contributed by atoms with Crippen molar-refractivity contribution in [1.29, 1.82) is 0 Å². The molecule has 3 N–H and O–H groups in total. The molecule has 208 valence electrons. The summed E-state index contributed by atoms with van der Waals surface area (Å²) in [7, 11) is -0.565. The van der Waals surface area contributed by atoms with Gasteiger partial charge in [-0.05, 0) is 67.3 Å². The van der Waals surface area contributed by atoms with Gasteiger partial charge in [-0.15, -0.1) is 0 Å². The highest BCUT2D eigenvalue weighted by molar-refractivity contribution is 9.10. The molecule has 2 atom stereocenters. The topological polar surface area (TPSA) is 114 Å². The summed E-state index contributed by atoms with van der Waals surface area (Å²) in [5, 5.41) is 16.3. The summed E-state index contributed by atoms with van der Waals surface area (Å²) in [6.07, 6.45) is 1.31. The number of carboxylic acid groups (broad SMARTS) is 1. The predicted octanol–water partition coefficient (Wildman–Crippen LogP) is 4.31. The number of piperidine rings is 1. The van der Waals surface area contributed by atoms with E-state index in [1.807, 2.05) is 42.5 Å². The van der Waals surface area contributed by atoms with Gasteiger partial charge in [0.2, 0.25) is 0 Å². The zero-order chi connectivity index (χ0) is 28.0. The summed E-state index contributed by atoms with van der Waals surface area (Å²) in [6, 6.07) is 18.8. The van der Waals surface area contributed by atoms with Gasteiger partial charge in [0.25, 0.3) is 0 Å². The van der Waals surface area contributed by atoms with E-state index in [1.165, 1.54) is 0 Å². The van der Waals surface area contributed by atoms with Gasteiger partial charge >= 0.3 is 5.97 Å². The van der Waals surface area contributed by atoms with E-state index in [9.17, 15) is 18.3 Å². The molecule has 1 fully saturated rings. The van der Waals surface area contributed by atoms with Gasteiger partial charge in [-0.1, -0.05) is 52.3 Å². The third-order valence-corrected chi connectivity index (χ3v) is 10.2. The number of ether oxygens (including phenoxy) is 2. The van der Waals surface area contributed by atoms with Crippen molar-refractivity contribution in [2.45, 2.75) is 34.9 Å². The molecule has 3 aromatic carbocycles. The van der Waals surface area contributed by atoms with E-state index in [0.29, 0.717) is 28.8 Å². The molecule has 1 aliphatic rings. The lowest BCUT2D eigenvalue weighted by Crippen LogP contribution is -2.59. The van der Waals surface area contributed by atoms with Crippen molar-refractivity contribution in [2.24, 2.45) is 0 Å². The Bertz CT molecular complexity index is 1380. The molecule has 39 heavy (non-hydrogen) atoms. The number of hydrogen-bond donors (Lipinski definition) is 3. The van der Waals surface area contributed by atoms with Crippen LogP contribution < -0.4 is 20.1 Å². The molecule has 0 radical (unpaired) electrons. The van der Waals surface area contributed by atoms with E-state index in [-0.39, 0.29) is 24.4 Å². The summed E-state index contributed by atoms with van der Waals surface area (Å²) in [5.41, 5.74) is 2.49. The maximum atomic E-state index is 13.8. The van der Waals surface area contributed by atoms with Crippen LogP contribution in [0.15, 0.2) is 76.1 Å². The van der Waals surface area contributed by atoms with Gasteiger partial charge in [0, 0.05) is 17.6 Å². The summed E-state index contributed by atoms with van der Waals surface area (Å²) < 4.78 is 38.1. The number of aliphatic carboxylic acids is 1. The van der Waals surface area contributed by atoms with Crippen LogP contribution in [0.1, 0.15) is 18.4 Å². The lowest BCUT2D eigenvalue weighted by Gasteiger charge is -2.38. The van der Waals surface area contributed by atoms with Crippen molar-refractivity contribution in [3.8, 4) is 22.6 Å². The van der Waals surface area contributed by atoms with Gasteiger partial charge in [0.15, 0.2) is 9.84 Å². The first-order chi connectivity index (χ1) is 18.7. The third-order valence-electron chi connectivity index (χ3n) is 7.19. The van der Waals surface area contributed by atoms with Crippen LogP contribution in [-0.4, -0.2) is 64.1 Å². The largest absolute Gasteiger partial charge is 0.496 e. The average molecular weight is 618 g/mol. The monoisotopic (exact) mass is 616 g/mol. The Morgan fingerprint density at radius 2 is 1.74 bits per heavy atom. The highest BCUT2D eigenvalue weighted by Crippen LogP contribution is 2.38. The maximum absolute atomic E-state index is 13.8. The zero-order valence-corrected chi connectivity index (χ0v) is 24.3. The van der Waals surface area contributed by atoms with E-state index >= 15 is 0 Å². The first-order valence-electron chi connectivity index (χ1n) is 12.7. The molecule has 3 aromatic rings. The van der Waals surface area contributed by atoms with Crippen LogP contribution in [0.3, 0.4) is 0 Å². The van der Waals surface area contributed by atoms with E-state index in [2.05, 4.69) is 26.6 Å². The molecule has 1 heterocycles. The van der Waals surface area contributed by atoms with Crippen LogP contribution in [0, 0.1) is 0 Å². The Morgan fingerprint density at radius 3 is 2.31 bits per heavy atom. The Balaban J connectivity index is 1.55. The number of sulfone groups is 1. The van der Waals surface area contributed by atoms with E-state index in [1.54, 1.807) is 38.5 Å². The van der Waals surface area contributed by atoms with Crippen LogP contribution in [0.25, 0.3) is 11.1 Å². The Labute approximate surface area is 237 Å². The van der Waals surface area contributed by atoms with Crippen LogP contribution >= 0.6 is 15.9 Å². The van der Waals surface area contributed by atoms with Crippen molar-refractivity contribution in [3.63, 3.8) is 0 Å². The van der Waals surface area contributed by atoms with E-state index < -0.39 is 26.6 Å². The predicted molar refractivity (Wildman–Crippen MR) is 154 cm³/mol. The first kappa shape index (κ1) is 29.1. The summed E-state index contributed by atoms with van der Waals surface area (Å²) >= 11 is 3.36. The molecular formula is C29H33BrN2O6S. The Kier molecular flexibility index (Phi) is 9.32. The molecule has 0 saturated carbocycles. The fourth-order valence-electron chi connectivity index (χ4n) is 5.03. The maximum Gasteiger partial charge on any atom is 0.321 e. The molecule has 1 saturated heterocycles. The molecule has 0 aromatic heterocycles. The number of methoxy groups -OCH3 is 2. The number of hydrogen-bond acceptors (Lipinski definition) is 7. The number of rotatable bonds is 11. The quantitative estimate of drug-likeness (QED) is 0.292. The Hall–Kier alpha value is -2.92. The van der Waals surface area contributed by atoms with Crippen LogP contribution in [-0.2, 0) is 21.1 Å². The average Bonchev–Trinajstić information content (AvgIpc) is 2.95. The molecule has 1 aliphatic heterocycles. The highest BCUT2D eigenvalue weighted by atomic mass is 79.9. The molecule has 1 unspecified atom stereocenters. The second-order valence-corrected chi connectivity index (χ2v) is 12.9. The van der Waals surface area contributed by atoms with Crippen molar-refractivity contribution < 1.29 is 27.8 Å². The third kappa shape index (κ3) is 6.30. The minimum absolute atomic E-state index is 0.0162. The molecule has 0 aliphatic carbocycles. The fraction of sp³-hybridized carbons (Fsp3) is 0.345. The molecule has 4 rings (SSSR count). The second-order valence-electron chi connectivity index (χ2n) is 9.63. The van der Waals surface area contributed by atoms with E-state index in [0.717, 1.165) is 23.2 Å². The molecular weight excluding hydrogens is 584 g/mol. The van der Waals surface area contributed by atoms with Gasteiger partial charge in [-0.3, -0.25) is 4.79 Å². The number of halogens is 1. The smallest absolute Gasteiger partial charge is 0.321 e.